The first-order chi connectivity index (χ1) is 24.1. The van der Waals surface area contributed by atoms with E-state index in [1.54, 1.807) is 48.7 Å². The number of pyridine rings is 2. The first-order valence-electron chi connectivity index (χ1n) is 17.1. The maximum atomic E-state index is 13.7. The average molecular weight is 692 g/mol. The number of carbonyl (C=O) groups excluding carboxylic acids is 1. The van der Waals surface area contributed by atoms with E-state index < -0.39 is 5.60 Å². The van der Waals surface area contributed by atoms with Crippen molar-refractivity contribution in [2.45, 2.75) is 59.2 Å². The lowest BCUT2D eigenvalue weighted by Gasteiger charge is -2.36. The summed E-state index contributed by atoms with van der Waals surface area (Å²) in [7, 11) is 1.66. The summed E-state index contributed by atoms with van der Waals surface area (Å²) in [6, 6.07) is 16.6. The second-order valence-electron chi connectivity index (χ2n) is 14.9. The zero-order chi connectivity index (χ0) is 36.7. The van der Waals surface area contributed by atoms with Gasteiger partial charge in [0.15, 0.2) is 0 Å². The molecule has 3 aromatic heterocycles. The number of hydrogen-bond acceptors (Lipinski definition) is 9. The van der Waals surface area contributed by atoms with Crippen LogP contribution in [-0.2, 0) is 23.8 Å². The van der Waals surface area contributed by atoms with Gasteiger partial charge >= 0.3 is 6.09 Å². The van der Waals surface area contributed by atoms with Crippen LogP contribution >= 0.6 is 0 Å². The number of rotatable bonds is 6. The molecule has 12 nitrogen and oxygen atoms in total. The Morgan fingerprint density at radius 1 is 0.922 bits per heavy atom. The number of anilines is 3. The monoisotopic (exact) mass is 691 g/mol. The van der Waals surface area contributed by atoms with Crippen LogP contribution in [0.2, 0.25) is 0 Å². The van der Waals surface area contributed by atoms with Crippen molar-refractivity contribution in [3.8, 4) is 16.8 Å². The molecule has 5 aromatic rings. The Hall–Kier alpha value is -5.49. The SMILES string of the molecule is Cn1cc(-c2cccc(-n3ncc4cc(C(C)(C)C)ccc4c3=O)c2CO)cc(Nc2ccc(N3CCN(C(=O)OC(C)(C)C)CC3)cn2)c1=O. The number of aromatic nitrogens is 4. The molecule has 12 heteroatoms. The van der Waals surface area contributed by atoms with E-state index in [0.717, 1.165) is 16.6 Å². The summed E-state index contributed by atoms with van der Waals surface area (Å²) in [4.78, 5) is 47.9. The molecule has 1 amide bonds. The van der Waals surface area contributed by atoms with Crippen LogP contribution in [0.4, 0.5) is 22.0 Å². The molecule has 1 aliphatic rings. The lowest BCUT2D eigenvalue weighted by molar-refractivity contribution is 0.0240. The van der Waals surface area contributed by atoms with E-state index in [9.17, 15) is 19.5 Å². The summed E-state index contributed by atoms with van der Waals surface area (Å²) in [6.45, 7) is 13.9. The molecule has 0 atom stereocenters. The number of ether oxygens (including phenoxy) is 1. The molecule has 266 valence electrons. The van der Waals surface area contributed by atoms with Crippen LogP contribution in [-0.4, -0.2) is 67.2 Å². The Balaban J connectivity index is 1.24. The Labute approximate surface area is 296 Å². The number of nitrogens with zero attached hydrogens (tertiary/aromatic N) is 6. The van der Waals surface area contributed by atoms with Gasteiger partial charge in [-0.05, 0) is 73.7 Å². The molecular formula is C39H45N7O5. The minimum Gasteiger partial charge on any atom is -0.444 e. The molecule has 0 unspecified atom stereocenters. The fraction of sp³-hybridized carbons (Fsp3) is 0.359. The average Bonchev–Trinajstić information content (AvgIpc) is 3.09. The minimum absolute atomic E-state index is 0.0770. The second kappa shape index (κ2) is 13.7. The molecule has 0 saturated carbocycles. The molecule has 1 aliphatic heterocycles. The summed E-state index contributed by atoms with van der Waals surface area (Å²) in [5, 5.41) is 19.6. The summed E-state index contributed by atoms with van der Waals surface area (Å²) < 4.78 is 8.29. The zero-order valence-corrected chi connectivity index (χ0v) is 30.2. The molecule has 1 fully saturated rings. The largest absolute Gasteiger partial charge is 0.444 e. The van der Waals surface area contributed by atoms with Crippen molar-refractivity contribution in [2.75, 3.05) is 36.4 Å². The quantitative estimate of drug-likeness (QED) is 0.229. The summed E-state index contributed by atoms with van der Waals surface area (Å²) in [5.74, 6) is 0.484. The lowest BCUT2D eigenvalue weighted by Crippen LogP contribution is -2.50. The van der Waals surface area contributed by atoms with Crippen molar-refractivity contribution in [3.05, 3.63) is 105 Å². The molecule has 0 aliphatic carbocycles. The van der Waals surface area contributed by atoms with Gasteiger partial charge in [-0.1, -0.05) is 39.0 Å². The van der Waals surface area contributed by atoms with Gasteiger partial charge in [0.25, 0.3) is 11.1 Å². The molecule has 6 rings (SSSR count). The van der Waals surface area contributed by atoms with Crippen molar-refractivity contribution < 1.29 is 14.6 Å². The van der Waals surface area contributed by atoms with Crippen LogP contribution < -0.4 is 21.3 Å². The van der Waals surface area contributed by atoms with E-state index in [-0.39, 0.29) is 29.2 Å². The van der Waals surface area contributed by atoms with E-state index in [1.165, 1.54) is 9.25 Å². The summed E-state index contributed by atoms with van der Waals surface area (Å²) in [5.41, 5.74) is 3.40. The van der Waals surface area contributed by atoms with Crippen molar-refractivity contribution in [1.82, 2.24) is 24.2 Å². The molecule has 2 aromatic carbocycles. The zero-order valence-electron chi connectivity index (χ0n) is 30.2. The number of carbonyl (C=O) groups is 1. The van der Waals surface area contributed by atoms with Gasteiger partial charge in [0.1, 0.15) is 17.1 Å². The molecule has 0 radical (unpaired) electrons. The summed E-state index contributed by atoms with van der Waals surface area (Å²) >= 11 is 0. The number of aliphatic hydroxyl groups is 1. The fourth-order valence-corrected chi connectivity index (χ4v) is 6.21. The predicted molar refractivity (Wildman–Crippen MR) is 200 cm³/mol. The van der Waals surface area contributed by atoms with Gasteiger partial charge in [-0.15, -0.1) is 0 Å². The maximum absolute atomic E-state index is 13.7. The fourth-order valence-electron chi connectivity index (χ4n) is 6.21. The Morgan fingerprint density at radius 3 is 2.31 bits per heavy atom. The molecule has 4 heterocycles. The highest BCUT2D eigenvalue weighted by Crippen LogP contribution is 2.30. The highest BCUT2D eigenvalue weighted by atomic mass is 16.6. The van der Waals surface area contributed by atoms with Gasteiger partial charge in [-0.25, -0.2) is 9.78 Å². The number of piperazine rings is 1. The van der Waals surface area contributed by atoms with Gasteiger partial charge in [0.05, 0.1) is 35.8 Å². The summed E-state index contributed by atoms with van der Waals surface area (Å²) in [6.07, 6.45) is 4.81. The third-order valence-electron chi connectivity index (χ3n) is 8.99. The normalized spacial score (nSPS) is 13.8. The number of aliphatic hydroxyl groups excluding tert-OH is 1. The Bertz CT molecular complexity index is 2200. The van der Waals surface area contributed by atoms with E-state index in [0.29, 0.717) is 65.4 Å². The third-order valence-corrected chi connectivity index (χ3v) is 8.99. The first-order valence-corrected chi connectivity index (χ1v) is 17.1. The van der Waals surface area contributed by atoms with E-state index in [2.05, 4.69) is 41.1 Å². The van der Waals surface area contributed by atoms with Gasteiger partial charge in [0, 0.05) is 55.9 Å². The maximum Gasteiger partial charge on any atom is 0.410 e. The van der Waals surface area contributed by atoms with Gasteiger partial charge in [-0.2, -0.15) is 9.78 Å². The topological polar surface area (TPSA) is 135 Å². The van der Waals surface area contributed by atoms with Crippen LogP contribution in [0, 0.1) is 0 Å². The smallest absolute Gasteiger partial charge is 0.410 e. The molecule has 51 heavy (non-hydrogen) atoms. The second-order valence-corrected chi connectivity index (χ2v) is 14.9. The minimum atomic E-state index is -0.542. The number of aryl methyl sites for hydroxylation is 1. The van der Waals surface area contributed by atoms with Crippen molar-refractivity contribution in [1.29, 1.82) is 0 Å². The highest BCUT2D eigenvalue weighted by molar-refractivity contribution is 5.82. The van der Waals surface area contributed by atoms with Gasteiger partial charge in [0.2, 0.25) is 0 Å². The van der Waals surface area contributed by atoms with E-state index >= 15 is 0 Å². The van der Waals surface area contributed by atoms with Crippen LogP contribution in [0.25, 0.3) is 27.6 Å². The Morgan fingerprint density at radius 2 is 1.67 bits per heavy atom. The number of benzene rings is 2. The van der Waals surface area contributed by atoms with Crippen molar-refractivity contribution >= 4 is 34.1 Å². The van der Waals surface area contributed by atoms with E-state index in [1.807, 2.05) is 57.2 Å². The molecule has 0 spiro atoms. The van der Waals surface area contributed by atoms with Crippen LogP contribution in [0.1, 0.15) is 52.7 Å². The number of hydrogen-bond donors (Lipinski definition) is 2. The molecule has 1 saturated heterocycles. The van der Waals surface area contributed by atoms with Crippen LogP contribution in [0.5, 0.6) is 0 Å². The molecular weight excluding hydrogens is 646 g/mol. The van der Waals surface area contributed by atoms with Crippen LogP contribution in [0.15, 0.2) is 82.8 Å². The lowest BCUT2D eigenvalue weighted by atomic mass is 9.86. The highest BCUT2D eigenvalue weighted by Gasteiger charge is 2.26. The first kappa shape index (κ1) is 35.3. The van der Waals surface area contributed by atoms with E-state index in [4.69, 9.17) is 4.74 Å². The third kappa shape index (κ3) is 7.51. The van der Waals surface area contributed by atoms with Crippen molar-refractivity contribution in [3.63, 3.8) is 0 Å². The molecule has 0 bridgehead atoms. The van der Waals surface area contributed by atoms with Crippen molar-refractivity contribution in [2.24, 2.45) is 7.05 Å². The van der Waals surface area contributed by atoms with Gasteiger partial charge in [-0.3, -0.25) is 9.59 Å². The van der Waals surface area contributed by atoms with Crippen LogP contribution in [0.3, 0.4) is 0 Å². The number of amides is 1. The standard InChI is InChI=1S/C39H45N7O5/c1-38(2,3)27-11-13-30-25(19-27)21-41-46(35(30)48)33-10-8-9-29(31(33)24-47)26-20-32(36(49)43(7)23-26)42-34-14-12-28(22-40-34)44-15-17-45(18-16-44)37(50)51-39(4,5)6/h8-14,19-23,47H,15-18,24H2,1-7H3,(H,40,42). The predicted octanol–water partition coefficient (Wildman–Crippen LogP) is 5.74. The number of fused-ring (bicyclic) bond motifs is 1. The Kier molecular flexibility index (Phi) is 9.47. The number of nitrogens with one attached hydrogen (secondary N) is 1. The molecule has 2 N–H and O–H groups in total. The van der Waals surface area contributed by atoms with Gasteiger partial charge < -0.3 is 29.5 Å².